The van der Waals surface area contributed by atoms with Crippen LogP contribution in [0.15, 0.2) is 42.6 Å². The van der Waals surface area contributed by atoms with Crippen LogP contribution in [0.2, 0.25) is 0 Å². The third kappa shape index (κ3) is 4.67. The van der Waals surface area contributed by atoms with Crippen molar-refractivity contribution >= 4 is 5.69 Å². The van der Waals surface area contributed by atoms with Crippen LogP contribution in [0.5, 0.6) is 5.75 Å². The highest BCUT2D eigenvalue weighted by atomic mass is 16.5. The van der Waals surface area contributed by atoms with Gasteiger partial charge < -0.3 is 19.9 Å². The van der Waals surface area contributed by atoms with Crippen LogP contribution in [0.3, 0.4) is 0 Å². The molecule has 1 aromatic carbocycles. The normalized spacial score (nSPS) is 10.7. The van der Waals surface area contributed by atoms with Crippen LogP contribution in [0.1, 0.15) is 5.69 Å². The van der Waals surface area contributed by atoms with E-state index in [0.717, 1.165) is 24.5 Å². The van der Waals surface area contributed by atoms with Crippen molar-refractivity contribution in [2.24, 2.45) is 0 Å². The molecular formula is C15H21N3O. The molecule has 0 bridgehead atoms. The summed E-state index contributed by atoms with van der Waals surface area (Å²) in [6.45, 7) is 2.43. The first-order valence-electron chi connectivity index (χ1n) is 6.48. The molecule has 0 saturated heterocycles. The largest absolute Gasteiger partial charge is 0.492 e. The average Bonchev–Trinajstić information content (AvgIpc) is 2.90. The van der Waals surface area contributed by atoms with Crippen LogP contribution >= 0.6 is 0 Å². The van der Waals surface area contributed by atoms with Gasteiger partial charge in [0.15, 0.2) is 0 Å². The number of likely N-dealkylation sites (N-methyl/N-ethyl adjacent to an activating group) is 1. The fourth-order valence-electron chi connectivity index (χ4n) is 1.69. The molecule has 0 saturated carbocycles. The second-order valence-electron chi connectivity index (χ2n) is 4.73. The van der Waals surface area contributed by atoms with Crippen molar-refractivity contribution in [1.29, 1.82) is 0 Å². The van der Waals surface area contributed by atoms with Crippen LogP contribution in [0.25, 0.3) is 0 Å². The van der Waals surface area contributed by atoms with Crippen LogP contribution in [0.4, 0.5) is 5.69 Å². The number of aromatic nitrogens is 1. The van der Waals surface area contributed by atoms with Gasteiger partial charge in [-0.2, -0.15) is 0 Å². The summed E-state index contributed by atoms with van der Waals surface area (Å²) < 4.78 is 5.65. The van der Waals surface area contributed by atoms with Gasteiger partial charge in [-0.3, -0.25) is 0 Å². The number of rotatable bonds is 7. The lowest BCUT2D eigenvalue weighted by molar-refractivity contribution is 0.261. The minimum absolute atomic E-state index is 0.711. The number of hydrogen-bond donors (Lipinski definition) is 2. The Kier molecular flexibility index (Phi) is 4.86. The third-order valence-electron chi connectivity index (χ3n) is 2.81. The molecule has 0 unspecified atom stereocenters. The smallest absolute Gasteiger partial charge is 0.119 e. The van der Waals surface area contributed by atoms with E-state index in [1.165, 1.54) is 5.69 Å². The fourth-order valence-corrected chi connectivity index (χ4v) is 1.69. The Bertz CT molecular complexity index is 463. The molecule has 0 spiro atoms. The van der Waals surface area contributed by atoms with Crippen LogP contribution in [0, 0.1) is 0 Å². The monoisotopic (exact) mass is 259 g/mol. The van der Waals surface area contributed by atoms with Gasteiger partial charge in [0.1, 0.15) is 12.4 Å². The molecule has 0 aliphatic rings. The number of nitrogens with one attached hydrogen (secondary N) is 2. The lowest BCUT2D eigenvalue weighted by atomic mass is 10.3. The Morgan fingerprint density at radius 2 is 1.95 bits per heavy atom. The van der Waals surface area contributed by atoms with E-state index in [-0.39, 0.29) is 0 Å². The van der Waals surface area contributed by atoms with Crippen molar-refractivity contribution in [1.82, 2.24) is 9.88 Å². The summed E-state index contributed by atoms with van der Waals surface area (Å²) in [6, 6.07) is 12.1. The van der Waals surface area contributed by atoms with Crippen molar-refractivity contribution in [3.8, 4) is 5.75 Å². The van der Waals surface area contributed by atoms with Gasteiger partial charge in [-0.05, 0) is 50.5 Å². The third-order valence-corrected chi connectivity index (χ3v) is 2.81. The summed E-state index contributed by atoms with van der Waals surface area (Å²) in [7, 11) is 4.08. The van der Waals surface area contributed by atoms with E-state index >= 15 is 0 Å². The van der Waals surface area contributed by atoms with Gasteiger partial charge in [-0.25, -0.2) is 0 Å². The minimum atomic E-state index is 0.711. The molecule has 1 heterocycles. The molecule has 2 rings (SSSR count). The molecule has 2 aromatic rings. The van der Waals surface area contributed by atoms with Gasteiger partial charge in [-0.15, -0.1) is 0 Å². The van der Waals surface area contributed by atoms with E-state index in [9.17, 15) is 0 Å². The summed E-state index contributed by atoms with van der Waals surface area (Å²) in [6.07, 6.45) is 1.93. The maximum Gasteiger partial charge on any atom is 0.119 e. The molecule has 2 N–H and O–H groups in total. The zero-order valence-corrected chi connectivity index (χ0v) is 11.5. The SMILES string of the molecule is CN(C)CCOc1ccc(NCc2ccc[nH]2)cc1. The van der Waals surface area contributed by atoms with Gasteiger partial charge in [0.05, 0.1) is 6.54 Å². The first-order valence-corrected chi connectivity index (χ1v) is 6.48. The number of ether oxygens (including phenoxy) is 1. The maximum absolute atomic E-state index is 5.65. The first-order chi connectivity index (χ1) is 9.24. The standard InChI is InChI=1S/C15H21N3O/c1-18(2)10-11-19-15-7-5-13(6-8-15)17-12-14-4-3-9-16-14/h3-9,16-17H,10-12H2,1-2H3. The van der Waals surface area contributed by atoms with Gasteiger partial charge >= 0.3 is 0 Å². The van der Waals surface area contributed by atoms with Gasteiger partial charge in [-0.1, -0.05) is 0 Å². The van der Waals surface area contributed by atoms with E-state index in [1.54, 1.807) is 0 Å². The zero-order valence-electron chi connectivity index (χ0n) is 11.5. The Balaban J connectivity index is 1.77. The molecule has 4 heteroatoms. The Morgan fingerprint density at radius 1 is 1.16 bits per heavy atom. The number of nitrogens with zero attached hydrogens (tertiary/aromatic N) is 1. The highest BCUT2D eigenvalue weighted by Gasteiger charge is 1.97. The van der Waals surface area contributed by atoms with Crippen molar-refractivity contribution in [2.75, 3.05) is 32.6 Å². The number of hydrogen-bond acceptors (Lipinski definition) is 3. The Morgan fingerprint density at radius 3 is 2.58 bits per heavy atom. The molecule has 0 aliphatic heterocycles. The molecular weight excluding hydrogens is 238 g/mol. The van der Waals surface area contributed by atoms with Crippen LogP contribution < -0.4 is 10.1 Å². The first kappa shape index (κ1) is 13.5. The second kappa shape index (κ2) is 6.85. The average molecular weight is 259 g/mol. The van der Waals surface area contributed by atoms with E-state index in [2.05, 4.69) is 21.3 Å². The highest BCUT2D eigenvalue weighted by Crippen LogP contribution is 2.16. The molecule has 0 aliphatic carbocycles. The van der Waals surface area contributed by atoms with Crippen molar-refractivity contribution < 1.29 is 4.74 Å². The lowest BCUT2D eigenvalue weighted by Gasteiger charge is -2.11. The van der Waals surface area contributed by atoms with Gasteiger partial charge in [0.25, 0.3) is 0 Å². The lowest BCUT2D eigenvalue weighted by Crippen LogP contribution is -2.19. The molecule has 19 heavy (non-hydrogen) atoms. The minimum Gasteiger partial charge on any atom is -0.492 e. The summed E-state index contributed by atoms with van der Waals surface area (Å²) >= 11 is 0. The molecule has 0 amide bonds. The number of aromatic amines is 1. The molecule has 1 aromatic heterocycles. The van der Waals surface area contributed by atoms with Crippen molar-refractivity contribution in [3.63, 3.8) is 0 Å². The molecule has 102 valence electrons. The predicted octanol–water partition coefficient (Wildman–Crippen LogP) is 2.57. The van der Waals surface area contributed by atoms with Crippen molar-refractivity contribution in [3.05, 3.63) is 48.3 Å². The highest BCUT2D eigenvalue weighted by molar-refractivity contribution is 5.46. The summed E-state index contributed by atoms with van der Waals surface area (Å²) in [5.74, 6) is 0.910. The quantitative estimate of drug-likeness (QED) is 0.803. The summed E-state index contributed by atoms with van der Waals surface area (Å²) in [5.41, 5.74) is 2.26. The Labute approximate surface area is 114 Å². The predicted molar refractivity (Wildman–Crippen MR) is 78.6 cm³/mol. The number of benzene rings is 1. The molecule has 0 atom stereocenters. The number of anilines is 1. The Hall–Kier alpha value is -1.94. The zero-order chi connectivity index (χ0) is 13.5. The van der Waals surface area contributed by atoms with Crippen LogP contribution in [-0.2, 0) is 6.54 Å². The van der Waals surface area contributed by atoms with E-state index in [4.69, 9.17) is 4.74 Å². The van der Waals surface area contributed by atoms with E-state index < -0.39 is 0 Å². The maximum atomic E-state index is 5.65. The summed E-state index contributed by atoms with van der Waals surface area (Å²) in [4.78, 5) is 5.27. The van der Waals surface area contributed by atoms with E-state index in [0.29, 0.717) is 6.61 Å². The second-order valence-corrected chi connectivity index (χ2v) is 4.73. The van der Waals surface area contributed by atoms with Gasteiger partial charge in [0.2, 0.25) is 0 Å². The fraction of sp³-hybridized carbons (Fsp3) is 0.333. The van der Waals surface area contributed by atoms with Gasteiger partial charge in [0, 0.05) is 24.1 Å². The van der Waals surface area contributed by atoms with Crippen molar-refractivity contribution in [2.45, 2.75) is 6.54 Å². The molecule has 0 radical (unpaired) electrons. The van der Waals surface area contributed by atoms with E-state index in [1.807, 2.05) is 50.6 Å². The summed E-state index contributed by atoms with van der Waals surface area (Å²) in [5, 5.41) is 3.35. The molecule has 4 nitrogen and oxygen atoms in total. The topological polar surface area (TPSA) is 40.3 Å². The molecule has 0 fully saturated rings. The van der Waals surface area contributed by atoms with Crippen LogP contribution in [-0.4, -0.2) is 37.1 Å². The number of H-pyrrole nitrogens is 1.